The van der Waals surface area contributed by atoms with E-state index in [1.54, 1.807) is 0 Å². The van der Waals surface area contributed by atoms with Gasteiger partial charge in [0, 0.05) is 25.4 Å². The van der Waals surface area contributed by atoms with Crippen molar-refractivity contribution in [1.29, 1.82) is 0 Å². The Bertz CT molecular complexity index is 691. The average Bonchev–Trinajstić information content (AvgIpc) is 3.05. The van der Waals surface area contributed by atoms with E-state index in [1.165, 1.54) is 0 Å². The summed E-state index contributed by atoms with van der Waals surface area (Å²) in [5.41, 5.74) is 2.62. The molecule has 1 aromatic carbocycles. The molecule has 25 heavy (non-hydrogen) atoms. The molecule has 134 valence electrons. The van der Waals surface area contributed by atoms with Gasteiger partial charge in [0.25, 0.3) is 0 Å². The van der Waals surface area contributed by atoms with E-state index in [0.29, 0.717) is 13.2 Å². The second-order valence-corrected chi connectivity index (χ2v) is 6.10. The first-order chi connectivity index (χ1) is 12.2. The predicted molar refractivity (Wildman–Crippen MR) is 96.4 cm³/mol. The summed E-state index contributed by atoms with van der Waals surface area (Å²) in [7, 11) is 1.98. The van der Waals surface area contributed by atoms with Gasteiger partial charge in [-0.1, -0.05) is 35.5 Å². The Balaban J connectivity index is 1.50. The molecule has 0 radical (unpaired) electrons. The fourth-order valence-electron chi connectivity index (χ4n) is 2.74. The van der Waals surface area contributed by atoms with Gasteiger partial charge in [-0.15, -0.1) is 0 Å². The van der Waals surface area contributed by atoms with Gasteiger partial charge in [0.1, 0.15) is 23.8 Å². The lowest BCUT2D eigenvalue weighted by molar-refractivity contribution is -0.169. The molecular formula is C19H25N3O3. The molecule has 0 N–H and O–H groups in total. The number of rotatable bonds is 7. The SMILES string of the molecule is CC(=NOCCOC1CCCCO1)c1cn(C)c(-c2ccccc2)n1. The highest BCUT2D eigenvalue weighted by molar-refractivity contribution is 5.96. The molecule has 1 unspecified atom stereocenters. The van der Waals surface area contributed by atoms with Crippen LogP contribution >= 0.6 is 0 Å². The summed E-state index contributed by atoms with van der Waals surface area (Å²) in [5, 5.41) is 4.15. The third-order valence-corrected chi connectivity index (χ3v) is 4.10. The standard InChI is InChI=1S/C19H25N3O3/c1-15(21-25-13-12-24-18-10-6-7-11-23-18)17-14-22(2)19(20-17)16-8-4-3-5-9-16/h3-5,8-9,14,18H,6-7,10-13H2,1-2H3. The summed E-state index contributed by atoms with van der Waals surface area (Å²) in [6.45, 7) is 3.54. The van der Waals surface area contributed by atoms with Crippen LogP contribution in [0.4, 0.5) is 0 Å². The largest absolute Gasteiger partial charge is 0.393 e. The molecule has 6 heteroatoms. The molecule has 1 fully saturated rings. The first-order valence-electron chi connectivity index (χ1n) is 8.73. The molecule has 2 heterocycles. The van der Waals surface area contributed by atoms with Gasteiger partial charge >= 0.3 is 0 Å². The maximum absolute atomic E-state index is 5.62. The first-order valence-corrected chi connectivity index (χ1v) is 8.73. The molecule has 1 aliphatic rings. The molecule has 6 nitrogen and oxygen atoms in total. The Morgan fingerprint density at radius 2 is 2.12 bits per heavy atom. The van der Waals surface area contributed by atoms with Gasteiger partial charge in [-0.25, -0.2) is 4.98 Å². The third kappa shape index (κ3) is 4.90. The number of oxime groups is 1. The van der Waals surface area contributed by atoms with Crippen LogP contribution in [-0.4, -0.2) is 41.4 Å². The Labute approximate surface area is 148 Å². The maximum atomic E-state index is 5.62. The first kappa shape index (κ1) is 17.6. The molecule has 0 bridgehead atoms. The topological polar surface area (TPSA) is 57.9 Å². The Kier molecular flexibility index (Phi) is 6.19. The normalized spacial score (nSPS) is 18.3. The summed E-state index contributed by atoms with van der Waals surface area (Å²) in [4.78, 5) is 10.0. The second kappa shape index (κ2) is 8.78. The van der Waals surface area contributed by atoms with Crippen molar-refractivity contribution in [2.75, 3.05) is 19.8 Å². The molecule has 1 atom stereocenters. The van der Waals surface area contributed by atoms with Crippen LogP contribution in [0.5, 0.6) is 0 Å². The van der Waals surface area contributed by atoms with Crippen LogP contribution in [0.2, 0.25) is 0 Å². The van der Waals surface area contributed by atoms with Crippen molar-refractivity contribution < 1.29 is 14.3 Å². The van der Waals surface area contributed by atoms with Crippen molar-refractivity contribution in [3.8, 4) is 11.4 Å². The molecule has 3 rings (SSSR count). The van der Waals surface area contributed by atoms with Gasteiger partial charge in [0.2, 0.25) is 0 Å². The number of aryl methyl sites for hydroxylation is 1. The van der Waals surface area contributed by atoms with Crippen molar-refractivity contribution in [2.45, 2.75) is 32.5 Å². The van der Waals surface area contributed by atoms with Gasteiger partial charge in [-0.2, -0.15) is 0 Å². The number of ether oxygens (including phenoxy) is 2. The quantitative estimate of drug-likeness (QED) is 0.439. The minimum absolute atomic E-state index is 0.0911. The van der Waals surface area contributed by atoms with E-state index in [9.17, 15) is 0 Å². The lowest BCUT2D eigenvalue weighted by Crippen LogP contribution is -2.23. The highest BCUT2D eigenvalue weighted by atomic mass is 16.7. The molecule has 2 aromatic rings. The van der Waals surface area contributed by atoms with Gasteiger partial charge in [-0.3, -0.25) is 0 Å². The van der Waals surface area contributed by atoms with Crippen molar-refractivity contribution in [3.05, 3.63) is 42.2 Å². The van der Waals surface area contributed by atoms with Crippen molar-refractivity contribution in [2.24, 2.45) is 12.2 Å². The van der Waals surface area contributed by atoms with Gasteiger partial charge < -0.3 is 18.9 Å². The number of nitrogens with zero attached hydrogens (tertiary/aromatic N) is 3. The minimum Gasteiger partial charge on any atom is -0.393 e. The van der Waals surface area contributed by atoms with Crippen LogP contribution in [0, 0.1) is 0 Å². The van der Waals surface area contributed by atoms with E-state index in [-0.39, 0.29) is 6.29 Å². The Morgan fingerprint density at radius 3 is 2.88 bits per heavy atom. The smallest absolute Gasteiger partial charge is 0.157 e. The summed E-state index contributed by atoms with van der Waals surface area (Å²) < 4.78 is 13.1. The molecule has 1 aliphatic heterocycles. The molecule has 0 amide bonds. The van der Waals surface area contributed by atoms with Crippen LogP contribution in [0.3, 0.4) is 0 Å². The highest BCUT2D eigenvalue weighted by Crippen LogP contribution is 2.18. The van der Waals surface area contributed by atoms with E-state index < -0.39 is 0 Å². The number of benzene rings is 1. The van der Waals surface area contributed by atoms with Gasteiger partial charge in [0.05, 0.1) is 6.61 Å². The van der Waals surface area contributed by atoms with E-state index in [2.05, 4.69) is 10.1 Å². The monoisotopic (exact) mass is 343 g/mol. The summed E-state index contributed by atoms with van der Waals surface area (Å²) in [6.07, 6.45) is 5.10. The molecule has 1 saturated heterocycles. The predicted octanol–water partition coefficient (Wildman–Crippen LogP) is 3.37. The van der Waals surface area contributed by atoms with E-state index in [0.717, 1.165) is 48.7 Å². The second-order valence-electron chi connectivity index (χ2n) is 6.10. The third-order valence-electron chi connectivity index (χ3n) is 4.10. The van der Waals surface area contributed by atoms with Crippen LogP contribution in [-0.2, 0) is 21.4 Å². The molecule has 0 spiro atoms. The number of hydrogen-bond acceptors (Lipinski definition) is 5. The summed E-state index contributed by atoms with van der Waals surface area (Å²) in [5.74, 6) is 0.905. The zero-order chi connectivity index (χ0) is 17.5. The molecule has 0 aliphatic carbocycles. The number of imidazole rings is 1. The maximum Gasteiger partial charge on any atom is 0.157 e. The van der Waals surface area contributed by atoms with E-state index >= 15 is 0 Å². The molecule has 1 aromatic heterocycles. The zero-order valence-corrected chi connectivity index (χ0v) is 14.9. The average molecular weight is 343 g/mol. The van der Waals surface area contributed by atoms with Crippen molar-refractivity contribution in [1.82, 2.24) is 9.55 Å². The Morgan fingerprint density at radius 1 is 1.28 bits per heavy atom. The van der Waals surface area contributed by atoms with Gasteiger partial charge in [-0.05, 0) is 26.2 Å². The van der Waals surface area contributed by atoms with Crippen LogP contribution in [0.25, 0.3) is 11.4 Å². The van der Waals surface area contributed by atoms with Crippen molar-refractivity contribution in [3.63, 3.8) is 0 Å². The van der Waals surface area contributed by atoms with Crippen LogP contribution in [0.15, 0.2) is 41.7 Å². The lowest BCUT2D eigenvalue weighted by Gasteiger charge is -2.22. The minimum atomic E-state index is -0.0911. The summed E-state index contributed by atoms with van der Waals surface area (Å²) >= 11 is 0. The number of hydrogen-bond donors (Lipinski definition) is 0. The van der Waals surface area contributed by atoms with E-state index in [1.807, 2.05) is 55.1 Å². The molecule has 0 saturated carbocycles. The van der Waals surface area contributed by atoms with Crippen molar-refractivity contribution >= 4 is 5.71 Å². The molecular weight excluding hydrogens is 318 g/mol. The fraction of sp³-hybridized carbons (Fsp3) is 0.474. The lowest BCUT2D eigenvalue weighted by atomic mass is 10.2. The van der Waals surface area contributed by atoms with Gasteiger partial charge in [0.15, 0.2) is 6.29 Å². The number of aromatic nitrogens is 2. The van der Waals surface area contributed by atoms with E-state index in [4.69, 9.17) is 14.3 Å². The fourth-order valence-corrected chi connectivity index (χ4v) is 2.74. The van der Waals surface area contributed by atoms with Crippen LogP contribution < -0.4 is 0 Å². The highest BCUT2D eigenvalue weighted by Gasteiger charge is 2.13. The van der Waals surface area contributed by atoms with Crippen LogP contribution in [0.1, 0.15) is 31.9 Å². The summed E-state index contributed by atoms with van der Waals surface area (Å²) in [6, 6.07) is 10.1. The zero-order valence-electron chi connectivity index (χ0n) is 14.9. The Hall–Kier alpha value is -2.18.